The maximum absolute atomic E-state index is 13.0. The normalized spacial score (nSPS) is 15.4. The van der Waals surface area contributed by atoms with E-state index in [4.69, 9.17) is 9.72 Å². The summed E-state index contributed by atoms with van der Waals surface area (Å²) in [6.07, 6.45) is 0. The number of aromatic nitrogens is 1. The Hall–Kier alpha value is -1.96. The first kappa shape index (κ1) is 17.8. The van der Waals surface area contributed by atoms with E-state index < -0.39 is 0 Å². The van der Waals surface area contributed by atoms with Crippen molar-refractivity contribution in [3.63, 3.8) is 0 Å². The second-order valence-electron chi connectivity index (χ2n) is 6.12. The summed E-state index contributed by atoms with van der Waals surface area (Å²) in [5.74, 6) is 0.669. The van der Waals surface area contributed by atoms with Crippen LogP contribution < -0.4 is 5.32 Å². The number of anilines is 1. The van der Waals surface area contributed by atoms with Gasteiger partial charge in [0.1, 0.15) is 5.82 Å². The number of rotatable bonds is 6. The highest BCUT2D eigenvalue weighted by Gasteiger charge is 2.23. The molecule has 1 fully saturated rings. The van der Waals surface area contributed by atoms with Crippen LogP contribution in [0, 0.1) is 0 Å². The molecule has 0 saturated carbocycles. The molecule has 2 aromatic heterocycles. The van der Waals surface area contributed by atoms with Gasteiger partial charge in [-0.15, -0.1) is 0 Å². The predicted octanol–water partition coefficient (Wildman–Crippen LogP) is 2.26. The molecule has 0 aliphatic carbocycles. The maximum Gasteiger partial charge on any atom is 0.257 e. The van der Waals surface area contributed by atoms with Gasteiger partial charge < -0.3 is 19.9 Å². The van der Waals surface area contributed by atoms with Gasteiger partial charge in [0.05, 0.1) is 17.9 Å². The fourth-order valence-corrected chi connectivity index (χ4v) is 3.44. The zero-order valence-electron chi connectivity index (χ0n) is 14.7. The molecule has 0 radical (unpaired) electrons. The number of nitrogens with zero attached hydrogens (tertiary/aromatic N) is 3. The van der Waals surface area contributed by atoms with Gasteiger partial charge in [0.15, 0.2) is 0 Å². The Balaban J connectivity index is 1.84. The Morgan fingerprint density at radius 3 is 2.76 bits per heavy atom. The highest BCUT2D eigenvalue weighted by Crippen LogP contribution is 2.25. The van der Waals surface area contributed by atoms with Crippen molar-refractivity contribution in [3.8, 4) is 11.3 Å². The number of thiophene rings is 1. The van der Waals surface area contributed by atoms with Gasteiger partial charge in [-0.1, -0.05) is 0 Å². The van der Waals surface area contributed by atoms with Crippen molar-refractivity contribution in [3.05, 3.63) is 34.5 Å². The Kier molecular flexibility index (Phi) is 6.01. The first-order chi connectivity index (χ1) is 12.2. The van der Waals surface area contributed by atoms with Gasteiger partial charge in [-0.2, -0.15) is 11.3 Å². The van der Waals surface area contributed by atoms with Crippen LogP contribution in [0.4, 0.5) is 5.82 Å². The predicted molar refractivity (Wildman–Crippen MR) is 101 cm³/mol. The van der Waals surface area contributed by atoms with Crippen molar-refractivity contribution in [2.75, 3.05) is 58.8 Å². The third kappa shape index (κ3) is 4.36. The van der Waals surface area contributed by atoms with Crippen LogP contribution in [-0.2, 0) is 4.74 Å². The number of hydrogen-bond acceptors (Lipinski definition) is 6. The highest BCUT2D eigenvalue weighted by molar-refractivity contribution is 7.08. The molecule has 1 aliphatic rings. The molecule has 7 heteroatoms. The third-order valence-electron chi connectivity index (χ3n) is 4.33. The van der Waals surface area contributed by atoms with Crippen molar-refractivity contribution >= 4 is 23.1 Å². The number of methoxy groups -OCH3 is 1. The summed E-state index contributed by atoms with van der Waals surface area (Å²) < 4.78 is 5.11. The van der Waals surface area contributed by atoms with Gasteiger partial charge >= 0.3 is 0 Å². The number of carbonyl (C=O) groups is 1. The molecule has 1 aliphatic heterocycles. The summed E-state index contributed by atoms with van der Waals surface area (Å²) in [4.78, 5) is 21.8. The average molecular weight is 360 g/mol. The van der Waals surface area contributed by atoms with E-state index in [-0.39, 0.29) is 5.91 Å². The number of ether oxygens (including phenoxy) is 1. The van der Waals surface area contributed by atoms with Crippen molar-refractivity contribution < 1.29 is 9.53 Å². The molecular weight excluding hydrogens is 336 g/mol. The molecule has 134 valence electrons. The maximum atomic E-state index is 13.0. The smallest absolute Gasteiger partial charge is 0.257 e. The van der Waals surface area contributed by atoms with Crippen LogP contribution in [0.1, 0.15) is 10.4 Å². The van der Waals surface area contributed by atoms with Crippen LogP contribution in [0.15, 0.2) is 29.0 Å². The SMILES string of the molecule is COCCNc1nc(-c2ccsc2)ccc1C(=O)N1CCN(C)CC1. The van der Waals surface area contributed by atoms with E-state index in [1.54, 1.807) is 18.4 Å². The van der Waals surface area contributed by atoms with E-state index in [2.05, 4.69) is 22.6 Å². The van der Waals surface area contributed by atoms with Crippen LogP contribution in [0.25, 0.3) is 11.3 Å². The van der Waals surface area contributed by atoms with Crippen molar-refractivity contribution in [2.45, 2.75) is 0 Å². The van der Waals surface area contributed by atoms with Crippen molar-refractivity contribution in [1.82, 2.24) is 14.8 Å². The van der Waals surface area contributed by atoms with E-state index in [1.165, 1.54) is 0 Å². The van der Waals surface area contributed by atoms with E-state index in [1.807, 2.05) is 28.5 Å². The quantitative estimate of drug-likeness (QED) is 0.801. The highest BCUT2D eigenvalue weighted by atomic mass is 32.1. The third-order valence-corrected chi connectivity index (χ3v) is 5.01. The zero-order valence-corrected chi connectivity index (χ0v) is 15.5. The molecule has 0 atom stereocenters. The zero-order chi connectivity index (χ0) is 17.6. The molecule has 1 N–H and O–H groups in total. The summed E-state index contributed by atoms with van der Waals surface area (Å²) in [6.45, 7) is 4.47. The van der Waals surface area contributed by atoms with Gasteiger partial charge in [-0.05, 0) is 30.6 Å². The number of pyridine rings is 1. The van der Waals surface area contributed by atoms with Gasteiger partial charge in [-0.3, -0.25) is 4.79 Å². The van der Waals surface area contributed by atoms with Crippen LogP contribution in [-0.4, -0.2) is 74.2 Å². The van der Waals surface area contributed by atoms with E-state index in [0.717, 1.165) is 37.4 Å². The molecule has 25 heavy (non-hydrogen) atoms. The molecule has 0 unspecified atom stereocenters. The number of likely N-dealkylation sites (N-methyl/N-ethyl adjacent to an activating group) is 1. The Morgan fingerprint density at radius 2 is 2.08 bits per heavy atom. The van der Waals surface area contributed by atoms with Gasteiger partial charge in [0, 0.05) is 50.8 Å². The lowest BCUT2D eigenvalue weighted by molar-refractivity contribution is 0.0664. The monoisotopic (exact) mass is 360 g/mol. The summed E-state index contributed by atoms with van der Waals surface area (Å²) in [6, 6.07) is 5.84. The number of amides is 1. The Labute approximate surface area is 152 Å². The second kappa shape index (κ2) is 8.42. The lowest BCUT2D eigenvalue weighted by atomic mass is 10.1. The Bertz CT molecular complexity index is 697. The van der Waals surface area contributed by atoms with Crippen molar-refractivity contribution in [1.29, 1.82) is 0 Å². The summed E-state index contributed by atoms with van der Waals surface area (Å²) in [5.41, 5.74) is 2.56. The minimum Gasteiger partial charge on any atom is -0.383 e. The molecule has 1 amide bonds. The van der Waals surface area contributed by atoms with Crippen LogP contribution in [0.2, 0.25) is 0 Å². The first-order valence-electron chi connectivity index (χ1n) is 8.43. The minimum absolute atomic E-state index is 0.0392. The van der Waals surface area contributed by atoms with E-state index in [9.17, 15) is 4.79 Å². The largest absolute Gasteiger partial charge is 0.383 e. The standard InChI is InChI=1S/C18H24N4O2S/c1-21-7-9-22(10-8-21)18(23)15-3-4-16(14-5-12-25-13-14)20-17(15)19-6-11-24-2/h3-5,12-13H,6-11H2,1-2H3,(H,19,20). The molecule has 0 spiro atoms. The fraction of sp³-hybridized carbons (Fsp3) is 0.444. The van der Waals surface area contributed by atoms with E-state index >= 15 is 0 Å². The van der Waals surface area contributed by atoms with Gasteiger partial charge in [-0.25, -0.2) is 4.98 Å². The number of carbonyl (C=O) groups excluding carboxylic acids is 1. The first-order valence-corrected chi connectivity index (χ1v) is 9.37. The van der Waals surface area contributed by atoms with E-state index in [0.29, 0.717) is 24.5 Å². The summed E-state index contributed by atoms with van der Waals surface area (Å²) >= 11 is 1.63. The molecule has 3 heterocycles. The number of nitrogens with one attached hydrogen (secondary N) is 1. The van der Waals surface area contributed by atoms with Gasteiger partial charge in [0.2, 0.25) is 0 Å². The lowest BCUT2D eigenvalue weighted by Gasteiger charge is -2.32. The van der Waals surface area contributed by atoms with Crippen LogP contribution >= 0.6 is 11.3 Å². The molecule has 6 nitrogen and oxygen atoms in total. The second-order valence-corrected chi connectivity index (χ2v) is 6.90. The minimum atomic E-state index is 0.0392. The average Bonchev–Trinajstić information content (AvgIpc) is 3.17. The van der Waals surface area contributed by atoms with Gasteiger partial charge in [0.25, 0.3) is 5.91 Å². The van der Waals surface area contributed by atoms with Crippen LogP contribution in [0.3, 0.4) is 0 Å². The molecule has 0 aromatic carbocycles. The molecular formula is C18H24N4O2S. The number of piperazine rings is 1. The Morgan fingerprint density at radius 1 is 1.28 bits per heavy atom. The van der Waals surface area contributed by atoms with Crippen LogP contribution in [0.5, 0.6) is 0 Å². The molecule has 1 saturated heterocycles. The molecule has 0 bridgehead atoms. The van der Waals surface area contributed by atoms with Crippen molar-refractivity contribution in [2.24, 2.45) is 0 Å². The fourth-order valence-electron chi connectivity index (χ4n) is 2.79. The molecule has 3 rings (SSSR count). The number of hydrogen-bond donors (Lipinski definition) is 1. The summed E-state index contributed by atoms with van der Waals surface area (Å²) in [5, 5.41) is 7.34. The lowest BCUT2D eigenvalue weighted by Crippen LogP contribution is -2.47. The topological polar surface area (TPSA) is 57.7 Å². The summed E-state index contributed by atoms with van der Waals surface area (Å²) in [7, 11) is 3.74. The molecule has 2 aromatic rings.